The summed E-state index contributed by atoms with van der Waals surface area (Å²) in [5.74, 6) is -1.85. The van der Waals surface area contributed by atoms with Gasteiger partial charge in [-0.1, -0.05) is 36.4 Å². The van der Waals surface area contributed by atoms with Gasteiger partial charge < -0.3 is 25.6 Å². The molecule has 0 saturated heterocycles. The fraction of sp³-hybridized carbons (Fsp3) is 0.222. The van der Waals surface area contributed by atoms with Gasteiger partial charge in [-0.15, -0.1) is 0 Å². The van der Waals surface area contributed by atoms with E-state index >= 15 is 0 Å². The molecule has 126 valence electrons. The maximum atomic E-state index is 12.1. The van der Waals surface area contributed by atoms with Crippen molar-refractivity contribution in [2.75, 3.05) is 5.32 Å². The van der Waals surface area contributed by atoms with Gasteiger partial charge in [0.1, 0.15) is 18.3 Å². The number of phenols is 1. The summed E-state index contributed by atoms with van der Waals surface area (Å²) in [6.45, 7) is 2.26. The molecule has 0 spiro atoms. The van der Waals surface area contributed by atoms with Crippen molar-refractivity contribution in [2.24, 2.45) is 0 Å². The Kier molecular flexibility index (Phi) is 5.92. The van der Waals surface area contributed by atoms with Gasteiger partial charge in [-0.05, 0) is 24.6 Å². The number of nitrogens with one attached hydrogen (secondary N) is 1. The Bertz CT molecular complexity index is 716. The van der Waals surface area contributed by atoms with Gasteiger partial charge >= 0.3 is 0 Å². The number of anilines is 1. The van der Waals surface area contributed by atoms with E-state index in [4.69, 9.17) is 0 Å². The Morgan fingerprint density at radius 3 is 2.58 bits per heavy atom. The van der Waals surface area contributed by atoms with Crippen molar-refractivity contribution in [1.82, 2.24) is 0 Å². The highest BCUT2D eigenvalue weighted by Crippen LogP contribution is 2.23. The second-order valence-electron chi connectivity index (χ2n) is 5.62. The van der Waals surface area contributed by atoms with Gasteiger partial charge in [-0.2, -0.15) is 0 Å². The van der Waals surface area contributed by atoms with Gasteiger partial charge in [-0.3, -0.25) is 4.79 Å². The molecule has 0 unspecified atom stereocenters. The standard InChI is InChI=1S/C18H20N2O4/c1-12-7-8-16(21)14(9-12)20-17(22)10-15(18(23)24)19-11-13-5-3-2-4-6-13/h2-9,15,19,21H,10-11H2,1H3,(H,20,22)(H,23,24)/t15-/m0/s1. The summed E-state index contributed by atoms with van der Waals surface area (Å²) in [4.78, 5) is 23.3. The molecule has 0 aliphatic heterocycles. The molecule has 6 heteroatoms. The highest BCUT2D eigenvalue weighted by Gasteiger charge is 2.19. The van der Waals surface area contributed by atoms with Crippen molar-refractivity contribution in [1.29, 1.82) is 0 Å². The number of hydrogen-bond donors (Lipinski definition) is 3. The first-order valence-corrected chi connectivity index (χ1v) is 7.63. The van der Waals surface area contributed by atoms with Gasteiger partial charge in [0.2, 0.25) is 5.91 Å². The molecule has 0 fully saturated rings. The van der Waals surface area contributed by atoms with Crippen LogP contribution in [0.3, 0.4) is 0 Å². The van der Waals surface area contributed by atoms with E-state index < -0.39 is 17.9 Å². The van der Waals surface area contributed by atoms with E-state index in [2.05, 4.69) is 5.32 Å². The molecule has 0 heterocycles. The van der Waals surface area contributed by atoms with E-state index in [1.807, 2.05) is 37.3 Å². The molecule has 24 heavy (non-hydrogen) atoms. The van der Waals surface area contributed by atoms with Crippen LogP contribution in [-0.4, -0.2) is 23.0 Å². The fourth-order valence-electron chi connectivity index (χ4n) is 2.31. The van der Waals surface area contributed by atoms with E-state index in [-0.39, 0.29) is 17.9 Å². The van der Waals surface area contributed by atoms with Gasteiger partial charge in [0.05, 0.1) is 18.1 Å². The number of hydrogen-bond acceptors (Lipinski definition) is 4. The average Bonchev–Trinajstić information content (AvgIpc) is 2.55. The molecule has 0 radical (unpaired) electrons. The van der Waals surface area contributed by atoms with Gasteiger partial charge in [-0.25, -0.2) is 0 Å². The highest BCUT2D eigenvalue weighted by molar-refractivity contribution is 5.94. The lowest BCUT2D eigenvalue weighted by atomic mass is 10.1. The SMILES string of the molecule is Cc1ccc(O)c(NC(=O)C[C@H]([NH2+]Cc2ccccc2)C(=O)[O-])c1. The lowest BCUT2D eigenvalue weighted by Crippen LogP contribution is -2.92. The number of carbonyl (C=O) groups excluding carboxylic acids is 2. The van der Waals surface area contributed by atoms with Crippen molar-refractivity contribution in [2.45, 2.75) is 25.9 Å². The molecule has 0 saturated carbocycles. The summed E-state index contributed by atoms with van der Waals surface area (Å²) >= 11 is 0. The van der Waals surface area contributed by atoms with E-state index in [0.29, 0.717) is 6.54 Å². The summed E-state index contributed by atoms with van der Waals surface area (Å²) in [5.41, 5.74) is 2.09. The van der Waals surface area contributed by atoms with Crippen LogP contribution in [0.2, 0.25) is 0 Å². The molecule has 4 N–H and O–H groups in total. The van der Waals surface area contributed by atoms with Crippen molar-refractivity contribution in [3.05, 3.63) is 59.7 Å². The molecule has 0 aliphatic rings. The third-order valence-corrected chi connectivity index (χ3v) is 3.62. The minimum absolute atomic E-state index is 0.0628. The number of carbonyl (C=O) groups is 2. The number of carboxylic acids is 1. The lowest BCUT2D eigenvalue weighted by molar-refractivity contribution is -0.697. The molecule has 0 aromatic heterocycles. The molecule has 2 rings (SSSR count). The van der Waals surface area contributed by atoms with Crippen LogP contribution in [0.15, 0.2) is 48.5 Å². The quantitative estimate of drug-likeness (QED) is 0.618. The molecular formula is C18H20N2O4. The fourth-order valence-corrected chi connectivity index (χ4v) is 2.31. The maximum Gasteiger partial charge on any atom is 0.230 e. The number of rotatable bonds is 7. The van der Waals surface area contributed by atoms with Crippen molar-refractivity contribution in [3.8, 4) is 5.75 Å². The Balaban J connectivity index is 1.95. The van der Waals surface area contributed by atoms with E-state index in [1.54, 1.807) is 17.4 Å². The van der Waals surface area contributed by atoms with Crippen molar-refractivity contribution >= 4 is 17.6 Å². The number of carboxylic acid groups (broad SMARTS) is 1. The van der Waals surface area contributed by atoms with E-state index in [9.17, 15) is 19.8 Å². The number of amides is 1. The van der Waals surface area contributed by atoms with E-state index in [1.165, 1.54) is 6.07 Å². The monoisotopic (exact) mass is 328 g/mol. The number of nitrogens with two attached hydrogens (primary N) is 1. The van der Waals surface area contributed by atoms with Gasteiger partial charge in [0, 0.05) is 5.56 Å². The molecule has 0 bridgehead atoms. The summed E-state index contributed by atoms with van der Waals surface area (Å²) in [7, 11) is 0. The number of benzene rings is 2. The van der Waals surface area contributed by atoms with Crippen LogP contribution < -0.4 is 15.7 Å². The van der Waals surface area contributed by atoms with Gasteiger partial charge in [0.25, 0.3) is 0 Å². The van der Waals surface area contributed by atoms with Crippen LogP contribution in [0.4, 0.5) is 5.69 Å². The molecule has 1 amide bonds. The average molecular weight is 328 g/mol. The third kappa shape index (κ3) is 5.10. The number of aromatic hydroxyl groups is 1. The first kappa shape index (κ1) is 17.5. The van der Waals surface area contributed by atoms with Crippen LogP contribution in [0.1, 0.15) is 17.5 Å². The summed E-state index contributed by atoms with van der Waals surface area (Å²) in [6, 6.07) is 13.2. The smallest absolute Gasteiger partial charge is 0.230 e. The largest absolute Gasteiger partial charge is 0.544 e. The summed E-state index contributed by atoms with van der Waals surface area (Å²) in [6.07, 6.45) is -0.247. The molecule has 2 aromatic rings. The third-order valence-electron chi connectivity index (χ3n) is 3.62. The minimum Gasteiger partial charge on any atom is -0.544 e. The second-order valence-corrected chi connectivity index (χ2v) is 5.62. The normalized spacial score (nSPS) is 11.7. The van der Waals surface area contributed by atoms with Crippen LogP contribution in [0, 0.1) is 6.92 Å². The Morgan fingerprint density at radius 2 is 1.92 bits per heavy atom. The summed E-state index contributed by atoms with van der Waals surface area (Å²) < 4.78 is 0. The topological polar surface area (TPSA) is 106 Å². The van der Waals surface area contributed by atoms with Crippen LogP contribution >= 0.6 is 0 Å². The number of quaternary nitrogens is 1. The van der Waals surface area contributed by atoms with Gasteiger partial charge in [0.15, 0.2) is 0 Å². The molecular weight excluding hydrogens is 308 g/mol. The lowest BCUT2D eigenvalue weighted by Gasteiger charge is -2.17. The second kappa shape index (κ2) is 8.12. The van der Waals surface area contributed by atoms with Crippen molar-refractivity contribution in [3.63, 3.8) is 0 Å². The first-order chi connectivity index (χ1) is 11.5. The zero-order valence-electron chi connectivity index (χ0n) is 13.4. The zero-order chi connectivity index (χ0) is 17.5. The predicted octanol–water partition coefficient (Wildman–Crippen LogP) is -0.0887. The number of aryl methyl sites for hydroxylation is 1. The molecule has 2 aromatic carbocycles. The van der Waals surface area contributed by atoms with Crippen LogP contribution in [-0.2, 0) is 16.1 Å². The molecule has 1 atom stereocenters. The molecule has 0 aliphatic carbocycles. The number of aliphatic carboxylic acids is 1. The van der Waals surface area contributed by atoms with E-state index in [0.717, 1.165) is 11.1 Å². The maximum absolute atomic E-state index is 12.1. The highest BCUT2D eigenvalue weighted by atomic mass is 16.4. The van der Waals surface area contributed by atoms with Crippen LogP contribution in [0.25, 0.3) is 0 Å². The number of phenolic OH excluding ortho intramolecular Hbond substituents is 1. The van der Waals surface area contributed by atoms with Crippen molar-refractivity contribution < 1.29 is 25.1 Å². The predicted molar refractivity (Wildman–Crippen MR) is 87.0 cm³/mol. The van der Waals surface area contributed by atoms with Crippen LogP contribution in [0.5, 0.6) is 5.75 Å². The zero-order valence-corrected chi connectivity index (χ0v) is 13.4. The molecule has 6 nitrogen and oxygen atoms in total. The first-order valence-electron chi connectivity index (χ1n) is 7.63. The minimum atomic E-state index is -1.30. The Labute approximate surface area is 140 Å². The Morgan fingerprint density at radius 1 is 1.21 bits per heavy atom. The summed E-state index contributed by atoms with van der Waals surface area (Å²) in [5, 5.41) is 25.1. The Hall–Kier alpha value is -2.86.